The molecule has 116 valence electrons. The molecule has 4 unspecified atom stereocenters. The highest BCUT2D eigenvalue weighted by molar-refractivity contribution is 5.85. The summed E-state index contributed by atoms with van der Waals surface area (Å²) in [6.45, 7) is 7.22. The van der Waals surface area contributed by atoms with E-state index in [9.17, 15) is 4.79 Å². The molecule has 1 saturated heterocycles. The summed E-state index contributed by atoms with van der Waals surface area (Å²) in [5, 5.41) is 10.7. The maximum atomic E-state index is 12.2. The number of piperidine rings is 1. The Labute approximate surface area is 132 Å². The molecule has 2 rings (SSSR count). The van der Waals surface area contributed by atoms with Gasteiger partial charge >= 0.3 is 0 Å². The Bertz CT molecular complexity index is 389. The van der Waals surface area contributed by atoms with E-state index in [-0.39, 0.29) is 42.8 Å². The number of hydrogen-bond acceptors (Lipinski definition) is 3. The monoisotopic (exact) mass is 322 g/mol. The van der Waals surface area contributed by atoms with Crippen LogP contribution in [0.3, 0.4) is 0 Å². The van der Waals surface area contributed by atoms with E-state index in [1.165, 1.54) is 0 Å². The van der Waals surface area contributed by atoms with Crippen LogP contribution in [0, 0.1) is 5.92 Å². The van der Waals surface area contributed by atoms with Crippen molar-refractivity contribution in [3.05, 3.63) is 18.5 Å². The highest BCUT2D eigenvalue weighted by Crippen LogP contribution is 2.17. The molecule has 1 amide bonds. The maximum Gasteiger partial charge on any atom is 0.244 e. The number of halogens is 2. The molecule has 2 heterocycles. The number of carbonyl (C=O) groups excluding carboxylic acids is 1. The topological polar surface area (TPSA) is 58.9 Å². The van der Waals surface area contributed by atoms with Gasteiger partial charge in [-0.3, -0.25) is 9.48 Å². The van der Waals surface area contributed by atoms with E-state index in [4.69, 9.17) is 0 Å². The molecule has 5 nitrogen and oxygen atoms in total. The first-order valence-corrected chi connectivity index (χ1v) is 6.62. The lowest BCUT2D eigenvalue weighted by Gasteiger charge is -2.36. The van der Waals surface area contributed by atoms with Crippen LogP contribution in [-0.2, 0) is 4.79 Å². The summed E-state index contributed by atoms with van der Waals surface area (Å²) in [4.78, 5) is 12.2. The first kappa shape index (κ1) is 19.2. The van der Waals surface area contributed by atoms with Gasteiger partial charge in [0.15, 0.2) is 0 Å². The van der Waals surface area contributed by atoms with Gasteiger partial charge in [-0.15, -0.1) is 24.8 Å². The Morgan fingerprint density at radius 3 is 2.70 bits per heavy atom. The summed E-state index contributed by atoms with van der Waals surface area (Å²) < 4.78 is 1.68. The Kier molecular flexibility index (Phi) is 8.16. The van der Waals surface area contributed by atoms with Crippen LogP contribution in [0.2, 0.25) is 0 Å². The highest BCUT2D eigenvalue weighted by Gasteiger charge is 2.30. The zero-order valence-electron chi connectivity index (χ0n) is 12.1. The van der Waals surface area contributed by atoms with Crippen molar-refractivity contribution in [3.8, 4) is 0 Å². The van der Waals surface area contributed by atoms with Crippen LogP contribution >= 0.6 is 24.8 Å². The molecule has 1 aromatic heterocycles. The third kappa shape index (κ3) is 4.36. The summed E-state index contributed by atoms with van der Waals surface area (Å²) in [6.07, 6.45) is 4.61. The molecule has 0 aliphatic carbocycles. The molecule has 7 heteroatoms. The molecule has 1 aliphatic rings. The third-order valence-electron chi connectivity index (χ3n) is 3.83. The van der Waals surface area contributed by atoms with Crippen molar-refractivity contribution in [1.29, 1.82) is 0 Å². The van der Waals surface area contributed by atoms with E-state index in [2.05, 4.69) is 29.6 Å². The van der Waals surface area contributed by atoms with E-state index in [0.29, 0.717) is 12.0 Å². The smallest absolute Gasteiger partial charge is 0.244 e. The molecule has 0 radical (unpaired) electrons. The zero-order valence-corrected chi connectivity index (χ0v) is 13.7. The summed E-state index contributed by atoms with van der Waals surface area (Å²) in [5.41, 5.74) is 0. The summed E-state index contributed by atoms with van der Waals surface area (Å²) in [6, 6.07) is 2.09. The SMILES string of the molecule is CC1CCNC(C)C1NC(=O)C(C)n1cccn1.Cl.Cl. The fourth-order valence-corrected chi connectivity index (χ4v) is 2.52. The summed E-state index contributed by atoms with van der Waals surface area (Å²) in [7, 11) is 0. The van der Waals surface area contributed by atoms with E-state index < -0.39 is 0 Å². The van der Waals surface area contributed by atoms with Crippen LogP contribution in [0.15, 0.2) is 18.5 Å². The van der Waals surface area contributed by atoms with E-state index in [1.54, 1.807) is 10.9 Å². The average Bonchev–Trinajstić information content (AvgIpc) is 2.86. The van der Waals surface area contributed by atoms with Gasteiger partial charge in [-0.05, 0) is 38.8 Å². The van der Waals surface area contributed by atoms with Gasteiger partial charge in [0.2, 0.25) is 5.91 Å². The minimum Gasteiger partial charge on any atom is -0.350 e. The van der Waals surface area contributed by atoms with Gasteiger partial charge in [-0.25, -0.2) is 0 Å². The zero-order chi connectivity index (χ0) is 13.1. The number of nitrogens with zero attached hydrogens (tertiary/aromatic N) is 2. The van der Waals surface area contributed by atoms with E-state index >= 15 is 0 Å². The Morgan fingerprint density at radius 1 is 1.45 bits per heavy atom. The second kappa shape index (κ2) is 8.49. The quantitative estimate of drug-likeness (QED) is 0.892. The Morgan fingerprint density at radius 2 is 2.15 bits per heavy atom. The van der Waals surface area contributed by atoms with Gasteiger partial charge in [0.25, 0.3) is 0 Å². The van der Waals surface area contributed by atoms with Crippen molar-refractivity contribution < 1.29 is 4.79 Å². The van der Waals surface area contributed by atoms with Crippen LogP contribution in [-0.4, -0.2) is 34.3 Å². The molecule has 1 fully saturated rings. The largest absolute Gasteiger partial charge is 0.350 e. The lowest BCUT2D eigenvalue weighted by atomic mass is 9.89. The van der Waals surface area contributed by atoms with Gasteiger partial charge in [0.05, 0.1) is 0 Å². The number of rotatable bonds is 3. The molecule has 1 aliphatic heterocycles. The van der Waals surface area contributed by atoms with Gasteiger partial charge in [-0.2, -0.15) is 5.10 Å². The Balaban J connectivity index is 0.00000180. The van der Waals surface area contributed by atoms with Gasteiger partial charge in [-0.1, -0.05) is 6.92 Å². The second-order valence-corrected chi connectivity index (χ2v) is 5.21. The molecule has 0 bridgehead atoms. The van der Waals surface area contributed by atoms with E-state index in [1.807, 2.05) is 19.2 Å². The van der Waals surface area contributed by atoms with E-state index in [0.717, 1.165) is 13.0 Å². The predicted octanol–water partition coefficient (Wildman–Crippen LogP) is 1.79. The van der Waals surface area contributed by atoms with Crippen LogP contribution in [0.5, 0.6) is 0 Å². The first-order valence-electron chi connectivity index (χ1n) is 6.62. The molecule has 0 aromatic carbocycles. The van der Waals surface area contributed by atoms with Crippen LogP contribution in [0.1, 0.15) is 33.2 Å². The molecule has 4 atom stereocenters. The summed E-state index contributed by atoms with van der Waals surface area (Å²) >= 11 is 0. The fraction of sp³-hybridized carbons (Fsp3) is 0.692. The fourth-order valence-electron chi connectivity index (χ4n) is 2.52. The normalized spacial score (nSPS) is 26.9. The average molecular weight is 323 g/mol. The molecule has 0 spiro atoms. The van der Waals surface area contributed by atoms with Crippen molar-refractivity contribution in [1.82, 2.24) is 20.4 Å². The highest BCUT2D eigenvalue weighted by atomic mass is 35.5. The van der Waals surface area contributed by atoms with Gasteiger partial charge in [0, 0.05) is 24.5 Å². The van der Waals surface area contributed by atoms with Crippen molar-refractivity contribution in [3.63, 3.8) is 0 Å². The molecular formula is C13H24Cl2N4O. The first-order chi connectivity index (χ1) is 8.59. The minimum atomic E-state index is -0.263. The van der Waals surface area contributed by atoms with Crippen molar-refractivity contribution in [2.24, 2.45) is 5.92 Å². The van der Waals surface area contributed by atoms with Crippen molar-refractivity contribution in [2.45, 2.75) is 45.3 Å². The second-order valence-electron chi connectivity index (χ2n) is 5.21. The third-order valence-corrected chi connectivity index (χ3v) is 3.83. The lowest BCUT2D eigenvalue weighted by molar-refractivity contribution is -0.125. The molecular weight excluding hydrogens is 299 g/mol. The number of amides is 1. The minimum absolute atomic E-state index is 0. The van der Waals surface area contributed by atoms with Crippen LogP contribution in [0.4, 0.5) is 0 Å². The number of hydrogen-bond donors (Lipinski definition) is 2. The Hall–Kier alpha value is -0.780. The molecule has 20 heavy (non-hydrogen) atoms. The van der Waals surface area contributed by atoms with Crippen LogP contribution < -0.4 is 10.6 Å². The van der Waals surface area contributed by atoms with Crippen LogP contribution in [0.25, 0.3) is 0 Å². The number of aromatic nitrogens is 2. The summed E-state index contributed by atoms with van der Waals surface area (Å²) in [5.74, 6) is 0.543. The number of carbonyl (C=O) groups is 1. The van der Waals surface area contributed by atoms with Crippen molar-refractivity contribution >= 4 is 30.7 Å². The predicted molar refractivity (Wildman–Crippen MR) is 84.6 cm³/mol. The maximum absolute atomic E-state index is 12.2. The van der Waals surface area contributed by atoms with Gasteiger partial charge in [0.1, 0.15) is 6.04 Å². The molecule has 0 saturated carbocycles. The number of nitrogens with one attached hydrogen (secondary N) is 2. The standard InChI is InChI=1S/C13H22N4O.2ClH/c1-9-5-7-14-10(2)12(9)16-13(18)11(3)17-8-4-6-15-17;;/h4,6,8-12,14H,5,7H2,1-3H3,(H,16,18);2*1H. The van der Waals surface area contributed by atoms with Gasteiger partial charge < -0.3 is 10.6 Å². The lowest BCUT2D eigenvalue weighted by Crippen LogP contribution is -2.56. The molecule has 2 N–H and O–H groups in total. The van der Waals surface area contributed by atoms with Crippen molar-refractivity contribution in [2.75, 3.05) is 6.54 Å². The molecule has 1 aromatic rings.